The van der Waals surface area contributed by atoms with E-state index in [0.717, 1.165) is 12.8 Å². The first-order valence-corrected chi connectivity index (χ1v) is 6.42. The van der Waals surface area contributed by atoms with Crippen molar-refractivity contribution in [3.8, 4) is 6.07 Å². The van der Waals surface area contributed by atoms with Crippen LogP contribution in [0.5, 0.6) is 0 Å². The summed E-state index contributed by atoms with van der Waals surface area (Å²) in [6.45, 7) is 0.514. The van der Waals surface area contributed by atoms with Gasteiger partial charge in [0.25, 0.3) is 5.91 Å². The third-order valence-electron chi connectivity index (χ3n) is 3.35. The third-order valence-corrected chi connectivity index (χ3v) is 3.35. The van der Waals surface area contributed by atoms with Crippen LogP contribution in [0.1, 0.15) is 35.3 Å². The van der Waals surface area contributed by atoms with Gasteiger partial charge in [0.15, 0.2) is 0 Å². The molecule has 0 bridgehead atoms. The number of nitriles is 1. The van der Waals surface area contributed by atoms with Gasteiger partial charge >= 0.3 is 5.97 Å². The van der Waals surface area contributed by atoms with E-state index in [2.05, 4.69) is 4.98 Å². The Labute approximate surface area is 117 Å². The van der Waals surface area contributed by atoms with Gasteiger partial charge < -0.3 is 9.64 Å². The van der Waals surface area contributed by atoms with Gasteiger partial charge in [0.1, 0.15) is 17.8 Å². The highest BCUT2D eigenvalue weighted by atomic mass is 16.5. The maximum absolute atomic E-state index is 12.4. The summed E-state index contributed by atoms with van der Waals surface area (Å²) < 4.78 is 4.75. The van der Waals surface area contributed by atoms with Crippen LogP contribution in [-0.2, 0) is 9.53 Å². The average molecular weight is 273 g/mol. The topological polar surface area (TPSA) is 83.3 Å². The number of hydrogen-bond donors (Lipinski definition) is 0. The molecule has 20 heavy (non-hydrogen) atoms. The molecule has 0 saturated carbocycles. The average Bonchev–Trinajstić information content (AvgIpc) is 2.53. The Morgan fingerprint density at radius 1 is 1.45 bits per heavy atom. The van der Waals surface area contributed by atoms with Gasteiger partial charge in [-0.15, -0.1) is 0 Å². The van der Waals surface area contributed by atoms with Crippen molar-refractivity contribution in [2.45, 2.75) is 25.3 Å². The molecule has 0 aromatic carbocycles. The van der Waals surface area contributed by atoms with Crippen molar-refractivity contribution in [3.05, 3.63) is 29.6 Å². The molecule has 1 aliphatic rings. The van der Waals surface area contributed by atoms with Crippen LogP contribution in [-0.4, -0.2) is 41.5 Å². The van der Waals surface area contributed by atoms with Gasteiger partial charge in [0.05, 0.1) is 12.7 Å². The minimum Gasteiger partial charge on any atom is -0.467 e. The molecule has 1 aromatic heterocycles. The van der Waals surface area contributed by atoms with Crippen LogP contribution in [0.2, 0.25) is 0 Å². The lowest BCUT2D eigenvalue weighted by molar-refractivity contribution is -0.147. The second-order valence-corrected chi connectivity index (χ2v) is 4.58. The second-order valence-electron chi connectivity index (χ2n) is 4.58. The van der Waals surface area contributed by atoms with E-state index in [1.165, 1.54) is 30.3 Å². The number of ether oxygens (including phenoxy) is 1. The number of nitrogens with zero attached hydrogens (tertiary/aromatic N) is 3. The first-order chi connectivity index (χ1) is 9.67. The van der Waals surface area contributed by atoms with Crippen LogP contribution in [0, 0.1) is 11.3 Å². The number of pyridine rings is 1. The molecule has 2 heterocycles. The summed E-state index contributed by atoms with van der Waals surface area (Å²) in [6.07, 6.45) is 3.71. The predicted octanol–water partition coefficient (Wildman–Crippen LogP) is 1.12. The Morgan fingerprint density at radius 2 is 2.25 bits per heavy atom. The zero-order chi connectivity index (χ0) is 14.5. The summed E-state index contributed by atoms with van der Waals surface area (Å²) in [5, 5.41) is 8.72. The molecule has 6 heteroatoms. The van der Waals surface area contributed by atoms with Crippen molar-refractivity contribution >= 4 is 11.9 Å². The fourth-order valence-electron chi connectivity index (χ4n) is 2.29. The quantitative estimate of drug-likeness (QED) is 0.754. The van der Waals surface area contributed by atoms with Gasteiger partial charge in [-0.3, -0.25) is 4.79 Å². The number of hydrogen-bond acceptors (Lipinski definition) is 5. The molecule has 1 saturated heterocycles. The summed E-state index contributed by atoms with van der Waals surface area (Å²) in [5.74, 6) is -0.698. The molecular formula is C14H15N3O3. The number of aromatic nitrogens is 1. The molecule has 1 fully saturated rings. The number of carbonyl (C=O) groups excluding carboxylic acids is 2. The van der Waals surface area contributed by atoms with Crippen molar-refractivity contribution in [1.82, 2.24) is 9.88 Å². The van der Waals surface area contributed by atoms with Crippen molar-refractivity contribution in [2.24, 2.45) is 0 Å². The van der Waals surface area contributed by atoms with Crippen LogP contribution < -0.4 is 0 Å². The summed E-state index contributed by atoms with van der Waals surface area (Å²) >= 11 is 0. The van der Waals surface area contributed by atoms with E-state index in [1.54, 1.807) is 0 Å². The van der Waals surface area contributed by atoms with Gasteiger partial charge in [0, 0.05) is 12.7 Å². The zero-order valence-electron chi connectivity index (χ0n) is 11.2. The zero-order valence-corrected chi connectivity index (χ0v) is 11.2. The predicted molar refractivity (Wildman–Crippen MR) is 69.6 cm³/mol. The monoisotopic (exact) mass is 273 g/mol. The summed E-state index contributed by atoms with van der Waals surface area (Å²) in [6, 6.07) is 4.45. The fourth-order valence-corrected chi connectivity index (χ4v) is 2.29. The molecule has 2 rings (SSSR count). The van der Waals surface area contributed by atoms with E-state index in [0.29, 0.717) is 18.5 Å². The summed E-state index contributed by atoms with van der Waals surface area (Å²) in [4.78, 5) is 29.6. The Morgan fingerprint density at radius 3 is 2.85 bits per heavy atom. The minimum absolute atomic E-state index is 0.236. The normalized spacial score (nSPS) is 18.2. The van der Waals surface area contributed by atoms with E-state index in [9.17, 15) is 9.59 Å². The molecule has 104 valence electrons. The molecule has 0 N–H and O–H groups in total. The molecule has 1 atom stereocenters. The first kappa shape index (κ1) is 14.0. The van der Waals surface area contributed by atoms with Gasteiger partial charge in [-0.1, -0.05) is 0 Å². The minimum atomic E-state index is -0.543. The maximum Gasteiger partial charge on any atom is 0.328 e. The standard InChI is InChI=1S/C14H15N3O3/c1-20-14(19)12-4-2-3-7-17(12)13(18)11-6-5-10(8-15)9-16-11/h5-6,9,12H,2-4,7H2,1H3. The lowest BCUT2D eigenvalue weighted by atomic mass is 10.0. The van der Waals surface area contributed by atoms with E-state index in [4.69, 9.17) is 10.00 Å². The Kier molecular flexibility index (Phi) is 4.31. The number of esters is 1. The molecule has 1 aliphatic heterocycles. The summed E-state index contributed by atoms with van der Waals surface area (Å²) in [7, 11) is 1.32. The Bertz CT molecular complexity index is 548. The SMILES string of the molecule is COC(=O)C1CCCCN1C(=O)c1ccc(C#N)cn1. The maximum atomic E-state index is 12.4. The largest absolute Gasteiger partial charge is 0.467 e. The summed E-state index contributed by atoms with van der Waals surface area (Å²) in [5.41, 5.74) is 0.629. The van der Waals surface area contributed by atoms with Crippen molar-refractivity contribution in [1.29, 1.82) is 5.26 Å². The highest BCUT2D eigenvalue weighted by molar-refractivity contribution is 5.95. The molecule has 0 aliphatic carbocycles. The number of carbonyl (C=O) groups is 2. The molecular weight excluding hydrogens is 258 g/mol. The molecule has 1 aromatic rings. The van der Waals surface area contributed by atoms with Crippen LogP contribution in [0.4, 0.5) is 0 Å². The van der Waals surface area contributed by atoms with Crippen LogP contribution in [0.3, 0.4) is 0 Å². The second kappa shape index (κ2) is 6.15. The van der Waals surface area contributed by atoms with Gasteiger partial charge in [0.2, 0.25) is 0 Å². The van der Waals surface area contributed by atoms with Crippen molar-refractivity contribution in [3.63, 3.8) is 0 Å². The number of likely N-dealkylation sites (tertiary alicyclic amines) is 1. The van der Waals surface area contributed by atoms with E-state index in [1.807, 2.05) is 6.07 Å². The van der Waals surface area contributed by atoms with E-state index < -0.39 is 12.0 Å². The highest BCUT2D eigenvalue weighted by Crippen LogP contribution is 2.20. The van der Waals surface area contributed by atoms with Gasteiger partial charge in [-0.2, -0.15) is 5.26 Å². The van der Waals surface area contributed by atoms with Crippen molar-refractivity contribution in [2.75, 3.05) is 13.7 Å². The number of methoxy groups -OCH3 is 1. The van der Waals surface area contributed by atoms with E-state index >= 15 is 0 Å². The van der Waals surface area contributed by atoms with Crippen LogP contribution >= 0.6 is 0 Å². The fraction of sp³-hybridized carbons (Fsp3) is 0.429. The Balaban J connectivity index is 2.20. The molecule has 1 unspecified atom stereocenters. The number of piperidine rings is 1. The lowest BCUT2D eigenvalue weighted by Gasteiger charge is -2.33. The van der Waals surface area contributed by atoms with Gasteiger partial charge in [-0.05, 0) is 31.4 Å². The van der Waals surface area contributed by atoms with Crippen LogP contribution in [0.25, 0.3) is 0 Å². The molecule has 0 radical (unpaired) electrons. The molecule has 6 nitrogen and oxygen atoms in total. The number of rotatable bonds is 2. The molecule has 1 amide bonds. The first-order valence-electron chi connectivity index (χ1n) is 6.42. The molecule has 0 spiro atoms. The lowest BCUT2D eigenvalue weighted by Crippen LogP contribution is -2.48. The Hall–Kier alpha value is -2.42. The van der Waals surface area contributed by atoms with E-state index in [-0.39, 0.29) is 11.6 Å². The smallest absolute Gasteiger partial charge is 0.328 e. The van der Waals surface area contributed by atoms with Gasteiger partial charge in [-0.25, -0.2) is 9.78 Å². The van der Waals surface area contributed by atoms with Crippen LogP contribution in [0.15, 0.2) is 18.3 Å². The van der Waals surface area contributed by atoms with Crippen molar-refractivity contribution < 1.29 is 14.3 Å². The highest BCUT2D eigenvalue weighted by Gasteiger charge is 2.33. The number of amides is 1. The third kappa shape index (κ3) is 2.77.